The summed E-state index contributed by atoms with van der Waals surface area (Å²) in [6, 6.07) is 8.88. The first-order valence-electron chi connectivity index (χ1n) is 7.93. The number of hydrogen-bond donors (Lipinski definition) is 0. The summed E-state index contributed by atoms with van der Waals surface area (Å²) in [5.41, 5.74) is 0. The van der Waals surface area contributed by atoms with Gasteiger partial charge in [-0.25, -0.2) is 4.67 Å². The second-order valence-electron chi connectivity index (χ2n) is 5.64. The van der Waals surface area contributed by atoms with E-state index < -0.39 is 13.3 Å². The minimum atomic E-state index is -2.79. The summed E-state index contributed by atoms with van der Waals surface area (Å²) in [5, 5.41) is 0.779. The fourth-order valence-electron chi connectivity index (χ4n) is 2.56. The Kier molecular flexibility index (Phi) is 7.84. The van der Waals surface area contributed by atoms with E-state index in [1.54, 1.807) is 13.6 Å². The molecular formula is C17H28NO3P. The average Bonchev–Trinajstić information content (AvgIpc) is 2.54. The topological polar surface area (TPSA) is 46.6 Å². The molecule has 1 rings (SSSR count). The van der Waals surface area contributed by atoms with Gasteiger partial charge in [-0.1, -0.05) is 56.5 Å². The molecule has 1 unspecified atom stereocenters. The predicted molar refractivity (Wildman–Crippen MR) is 91.9 cm³/mol. The molecule has 0 saturated heterocycles. The van der Waals surface area contributed by atoms with Crippen LogP contribution in [0.25, 0.3) is 0 Å². The standard InChI is InChI=1S/C17H28NO3P/c1-5-6-7-11-14-18(15(2)17(19)21-3)22(4,20)16-12-9-8-10-13-16/h8-10,12-13,15H,5-7,11,14H2,1-4H3/t15-,22?/m1/s1. The second-order valence-corrected chi connectivity index (χ2v) is 8.43. The molecule has 0 aromatic heterocycles. The van der Waals surface area contributed by atoms with Crippen LogP contribution < -0.4 is 5.30 Å². The Hall–Kier alpha value is -1.12. The molecule has 0 radical (unpaired) electrons. The van der Waals surface area contributed by atoms with Gasteiger partial charge in [0.15, 0.2) is 7.29 Å². The Morgan fingerprint density at radius 1 is 1.23 bits per heavy atom. The first-order valence-corrected chi connectivity index (χ1v) is 10.0. The molecule has 1 aromatic rings. The molecule has 0 fully saturated rings. The Morgan fingerprint density at radius 2 is 1.86 bits per heavy atom. The van der Waals surface area contributed by atoms with Crippen LogP contribution in [-0.2, 0) is 14.1 Å². The van der Waals surface area contributed by atoms with Crippen LogP contribution in [0.5, 0.6) is 0 Å². The molecule has 0 heterocycles. The molecule has 0 aliphatic rings. The molecule has 0 aliphatic heterocycles. The minimum Gasteiger partial charge on any atom is -0.468 e. The summed E-state index contributed by atoms with van der Waals surface area (Å²) in [6.07, 6.45) is 4.31. The Morgan fingerprint density at radius 3 is 2.41 bits per heavy atom. The van der Waals surface area contributed by atoms with Gasteiger partial charge in [0.2, 0.25) is 0 Å². The third kappa shape index (κ3) is 4.96. The number of nitrogens with zero attached hydrogens (tertiary/aromatic N) is 1. The number of hydrogen-bond acceptors (Lipinski definition) is 3. The van der Waals surface area contributed by atoms with Crippen molar-refractivity contribution >= 4 is 18.6 Å². The van der Waals surface area contributed by atoms with Crippen LogP contribution in [0.4, 0.5) is 0 Å². The lowest BCUT2D eigenvalue weighted by Crippen LogP contribution is -2.40. The van der Waals surface area contributed by atoms with Gasteiger partial charge in [0.25, 0.3) is 0 Å². The fourth-order valence-corrected chi connectivity index (χ4v) is 4.86. The third-order valence-corrected chi connectivity index (χ3v) is 6.74. The maximum Gasteiger partial charge on any atom is 0.323 e. The van der Waals surface area contributed by atoms with Gasteiger partial charge < -0.3 is 9.30 Å². The molecule has 124 valence electrons. The normalized spacial score (nSPS) is 15.3. The van der Waals surface area contributed by atoms with Gasteiger partial charge in [-0.15, -0.1) is 0 Å². The van der Waals surface area contributed by atoms with Crippen molar-refractivity contribution in [3.05, 3.63) is 30.3 Å². The van der Waals surface area contributed by atoms with Gasteiger partial charge in [-0.3, -0.25) is 4.79 Å². The lowest BCUT2D eigenvalue weighted by molar-refractivity contribution is -0.144. The SMILES string of the molecule is CCCCCCN([C@H](C)C(=O)OC)P(C)(=O)c1ccccc1. The first kappa shape index (κ1) is 18.9. The highest BCUT2D eigenvalue weighted by Gasteiger charge is 2.34. The van der Waals surface area contributed by atoms with Crippen molar-refractivity contribution in [2.75, 3.05) is 20.3 Å². The van der Waals surface area contributed by atoms with Crippen molar-refractivity contribution in [3.8, 4) is 0 Å². The van der Waals surface area contributed by atoms with Crippen molar-refractivity contribution in [1.82, 2.24) is 4.67 Å². The van der Waals surface area contributed by atoms with Gasteiger partial charge in [0.1, 0.15) is 6.04 Å². The van der Waals surface area contributed by atoms with Crippen molar-refractivity contribution < 1.29 is 14.1 Å². The second kappa shape index (κ2) is 9.12. The molecule has 0 amide bonds. The molecule has 4 nitrogen and oxygen atoms in total. The Bertz CT molecular complexity index is 504. The summed E-state index contributed by atoms with van der Waals surface area (Å²) in [6.45, 7) is 6.30. The lowest BCUT2D eigenvalue weighted by atomic mass is 10.2. The maximum absolute atomic E-state index is 13.4. The molecule has 0 saturated carbocycles. The monoisotopic (exact) mass is 325 g/mol. The van der Waals surface area contributed by atoms with Crippen molar-refractivity contribution in [2.24, 2.45) is 0 Å². The van der Waals surface area contributed by atoms with E-state index in [1.165, 1.54) is 7.11 Å². The highest BCUT2D eigenvalue weighted by molar-refractivity contribution is 7.68. The smallest absolute Gasteiger partial charge is 0.323 e. The van der Waals surface area contributed by atoms with E-state index in [0.29, 0.717) is 6.54 Å². The van der Waals surface area contributed by atoms with Crippen LogP contribution >= 0.6 is 7.29 Å². The lowest BCUT2D eigenvalue weighted by Gasteiger charge is -2.33. The number of methoxy groups -OCH3 is 1. The van der Waals surface area contributed by atoms with Crippen LogP contribution in [0.15, 0.2) is 30.3 Å². The van der Waals surface area contributed by atoms with E-state index in [1.807, 2.05) is 35.0 Å². The summed E-state index contributed by atoms with van der Waals surface area (Å²) < 4.78 is 20.0. The van der Waals surface area contributed by atoms with Gasteiger partial charge in [0.05, 0.1) is 7.11 Å². The van der Waals surface area contributed by atoms with E-state index in [2.05, 4.69) is 6.92 Å². The Labute approximate surface area is 134 Å². The van der Waals surface area contributed by atoms with Crippen molar-refractivity contribution in [2.45, 2.75) is 45.6 Å². The van der Waals surface area contributed by atoms with Crippen LogP contribution in [0.2, 0.25) is 0 Å². The van der Waals surface area contributed by atoms with E-state index >= 15 is 0 Å². The average molecular weight is 325 g/mol. The number of ether oxygens (including phenoxy) is 1. The maximum atomic E-state index is 13.4. The zero-order valence-corrected chi connectivity index (χ0v) is 15.0. The third-order valence-electron chi connectivity index (χ3n) is 3.96. The number of esters is 1. The van der Waals surface area contributed by atoms with E-state index in [-0.39, 0.29) is 5.97 Å². The molecule has 0 aliphatic carbocycles. The van der Waals surface area contributed by atoms with E-state index in [4.69, 9.17) is 4.74 Å². The number of rotatable bonds is 9. The molecule has 5 heteroatoms. The summed E-state index contributed by atoms with van der Waals surface area (Å²) in [5.74, 6) is -0.339. The van der Waals surface area contributed by atoms with Gasteiger partial charge >= 0.3 is 5.97 Å². The first-order chi connectivity index (χ1) is 10.4. The van der Waals surface area contributed by atoms with Crippen molar-refractivity contribution in [1.29, 1.82) is 0 Å². The number of carbonyl (C=O) groups is 1. The summed E-state index contributed by atoms with van der Waals surface area (Å²) >= 11 is 0. The van der Waals surface area contributed by atoms with Gasteiger partial charge in [0, 0.05) is 18.5 Å². The largest absolute Gasteiger partial charge is 0.468 e. The zero-order valence-electron chi connectivity index (χ0n) is 14.1. The minimum absolute atomic E-state index is 0.339. The summed E-state index contributed by atoms with van der Waals surface area (Å²) in [4.78, 5) is 11.9. The predicted octanol–water partition coefficient (Wildman–Crippen LogP) is 3.66. The number of unbranched alkanes of at least 4 members (excludes halogenated alkanes) is 3. The molecular weight excluding hydrogens is 297 g/mol. The fraction of sp³-hybridized carbons (Fsp3) is 0.588. The molecule has 0 bridgehead atoms. The Balaban J connectivity index is 2.97. The zero-order chi connectivity index (χ0) is 16.6. The van der Waals surface area contributed by atoms with E-state index in [9.17, 15) is 9.36 Å². The quantitative estimate of drug-likeness (QED) is 0.395. The van der Waals surface area contributed by atoms with Gasteiger partial charge in [-0.2, -0.15) is 0 Å². The number of benzene rings is 1. The van der Waals surface area contributed by atoms with Gasteiger partial charge in [-0.05, 0) is 13.3 Å². The number of carbonyl (C=O) groups excluding carboxylic acids is 1. The van der Waals surface area contributed by atoms with Crippen LogP contribution in [0, 0.1) is 0 Å². The van der Waals surface area contributed by atoms with E-state index in [0.717, 1.165) is 31.0 Å². The van der Waals surface area contributed by atoms with Crippen molar-refractivity contribution in [3.63, 3.8) is 0 Å². The summed E-state index contributed by atoms with van der Waals surface area (Å²) in [7, 11) is -1.42. The molecule has 0 N–H and O–H groups in total. The highest BCUT2D eigenvalue weighted by atomic mass is 31.2. The van der Waals surface area contributed by atoms with Crippen LogP contribution in [0.1, 0.15) is 39.5 Å². The highest BCUT2D eigenvalue weighted by Crippen LogP contribution is 2.46. The molecule has 2 atom stereocenters. The van der Waals surface area contributed by atoms with Crippen LogP contribution in [0.3, 0.4) is 0 Å². The van der Waals surface area contributed by atoms with Crippen LogP contribution in [-0.4, -0.2) is 37.0 Å². The molecule has 1 aromatic carbocycles. The molecule has 0 spiro atoms. The molecule has 22 heavy (non-hydrogen) atoms.